The fraction of sp³-hybridized carbons (Fsp3) is 0.154. The Morgan fingerprint density at radius 2 is 2.15 bits per heavy atom. The molecule has 1 aromatic carbocycles. The molecule has 0 saturated heterocycles. The lowest BCUT2D eigenvalue weighted by Gasteiger charge is -2.06. The molecule has 0 aromatic heterocycles. The third kappa shape index (κ3) is 4.08. The Hall–Kier alpha value is -1.84. The molecule has 0 radical (unpaired) electrons. The zero-order valence-corrected chi connectivity index (χ0v) is 12.8. The van der Waals surface area contributed by atoms with Crippen molar-refractivity contribution in [2.75, 3.05) is 6.61 Å². The highest BCUT2D eigenvalue weighted by Crippen LogP contribution is 2.21. The summed E-state index contributed by atoms with van der Waals surface area (Å²) >= 11 is 9.06. The third-order valence-electron chi connectivity index (χ3n) is 2.27. The molecule has 0 spiro atoms. The number of rotatable bonds is 4. The number of benzene rings is 1. The minimum Gasteiger partial charge on any atom is -0.454 e. The first-order chi connectivity index (χ1) is 9.36. The maximum absolute atomic E-state index is 11.8. The minimum absolute atomic E-state index is 0.0778. The van der Waals surface area contributed by atoms with Crippen LogP contribution in [0.2, 0.25) is 5.02 Å². The number of hydrogen-bond donors (Lipinski definition) is 1. The number of nitrogens with two attached hydrogens (primary N) is 1. The highest BCUT2D eigenvalue weighted by atomic mass is 79.9. The standard InChI is InChI=1S/C13H10BrClN2O3/c1-7(17)10(5-16)12(18)6-20-13(19)9-4-8(14)2-3-11(9)15/h2-4H,6,17H2,1H3/b10-7+. The van der Waals surface area contributed by atoms with E-state index in [0.717, 1.165) is 0 Å². The second-order valence-electron chi connectivity index (χ2n) is 3.79. The Morgan fingerprint density at radius 3 is 2.70 bits per heavy atom. The number of allylic oxidation sites excluding steroid dienone is 1. The molecule has 0 aliphatic heterocycles. The zero-order valence-electron chi connectivity index (χ0n) is 10.4. The number of ketones is 1. The molecule has 1 aromatic rings. The summed E-state index contributed by atoms with van der Waals surface area (Å²) in [5.74, 6) is -1.41. The lowest BCUT2D eigenvalue weighted by atomic mass is 10.1. The number of esters is 1. The molecule has 0 aliphatic rings. The van der Waals surface area contributed by atoms with Crippen molar-refractivity contribution in [3.05, 3.63) is 44.5 Å². The molecule has 1 rings (SSSR count). The number of carbonyl (C=O) groups is 2. The number of ether oxygens (including phenoxy) is 1. The highest BCUT2D eigenvalue weighted by Gasteiger charge is 2.17. The van der Waals surface area contributed by atoms with E-state index >= 15 is 0 Å². The fourth-order valence-corrected chi connectivity index (χ4v) is 1.86. The molecule has 5 nitrogen and oxygen atoms in total. The lowest BCUT2D eigenvalue weighted by Crippen LogP contribution is -2.17. The summed E-state index contributed by atoms with van der Waals surface area (Å²) in [5.41, 5.74) is 5.36. The van der Waals surface area contributed by atoms with Crippen LogP contribution in [-0.2, 0) is 9.53 Å². The van der Waals surface area contributed by atoms with Gasteiger partial charge >= 0.3 is 5.97 Å². The van der Waals surface area contributed by atoms with Gasteiger partial charge in [-0.3, -0.25) is 4.79 Å². The van der Waals surface area contributed by atoms with E-state index in [0.29, 0.717) is 4.47 Å². The molecule has 0 unspecified atom stereocenters. The Kier molecular flexibility index (Phi) is 5.74. The van der Waals surface area contributed by atoms with Gasteiger partial charge in [0.2, 0.25) is 5.78 Å². The Bertz CT molecular complexity index is 631. The van der Waals surface area contributed by atoms with Crippen LogP contribution in [0.3, 0.4) is 0 Å². The third-order valence-corrected chi connectivity index (χ3v) is 3.09. The molecular weight excluding hydrogens is 348 g/mol. The van der Waals surface area contributed by atoms with Crippen molar-refractivity contribution in [1.82, 2.24) is 0 Å². The Labute approximate surface area is 129 Å². The van der Waals surface area contributed by atoms with E-state index in [2.05, 4.69) is 15.9 Å². The van der Waals surface area contributed by atoms with Crippen molar-refractivity contribution in [1.29, 1.82) is 5.26 Å². The first-order valence-electron chi connectivity index (χ1n) is 5.38. The van der Waals surface area contributed by atoms with Gasteiger partial charge in [-0.15, -0.1) is 0 Å². The molecule has 0 saturated carbocycles. The van der Waals surface area contributed by atoms with Gasteiger partial charge in [-0.2, -0.15) is 5.26 Å². The van der Waals surface area contributed by atoms with Gasteiger partial charge in [-0.25, -0.2) is 4.79 Å². The summed E-state index contributed by atoms with van der Waals surface area (Å²) in [6.07, 6.45) is 0. The van der Waals surface area contributed by atoms with Crippen molar-refractivity contribution < 1.29 is 14.3 Å². The molecule has 0 aliphatic carbocycles. The molecule has 0 amide bonds. The molecule has 104 valence electrons. The van der Waals surface area contributed by atoms with Crippen molar-refractivity contribution in [2.24, 2.45) is 5.73 Å². The van der Waals surface area contributed by atoms with E-state index in [1.807, 2.05) is 0 Å². The van der Waals surface area contributed by atoms with Crippen LogP contribution in [-0.4, -0.2) is 18.4 Å². The smallest absolute Gasteiger partial charge is 0.340 e. The van der Waals surface area contributed by atoms with E-state index in [-0.39, 0.29) is 21.9 Å². The average Bonchev–Trinajstić information content (AvgIpc) is 2.39. The number of Topliss-reactive ketones (excluding diaryl/α,β-unsaturated/α-hetero) is 1. The topological polar surface area (TPSA) is 93.2 Å². The van der Waals surface area contributed by atoms with Gasteiger partial charge in [0.05, 0.1) is 10.6 Å². The first kappa shape index (κ1) is 16.2. The quantitative estimate of drug-likeness (QED) is 0.508. The first-order valence-corrected chi connectivity index (χ1v) is 6.55. The number of hydrogen-bond acceptors (Lipinski definition) is 5. The maximum Gasteiger partial charge on any atom is 0.340 e. The van der Waals surface area contributed by atoms with Gasteiger partial charge in [-0.1, -0.05) is 27.5 Å². The predicted molar refractivity (Wildman–Crippen MR) is 76.9 cm³/mol. The van der Waals surface area contributed by atoms with Crippen LogP contribution < -0.4 is 5.73 Å². The average molecular weight is 358 g/mol. The van der Waals surface area contributed by atoms with E-state index in [9.17, 15) is 9.59 Å². The van der Waals surface area contributed by atoms with Crippen LogP contribution in [0, 0.1) is 11.3 Å². The van der Waals surface area contributed by atoms with Crippen molar-refractivity contribution >= 4 is 39.3 Å². The van der Waals surface area contributed by atoms with E-state index < -0.39 is 18.4 Å². The maximum atomic E-state index is 11.8. The van der Waals surface area contributed by atoms with Crippen LogP contribution in [0.1, 0.15) is 17.3 Å². The molecule has 0 bridgehead atoms. The van der Waals surface area contributed by atoms with Gasteiger partial charge in [0.15, 0.2) is 6.61 Å². The van der Waals surface area contributed by atoms with Crippen LogP contribution in [0.15, 0.2) is 33.9 Å². The van der Waals surface area contributed by atoms with Crippen molar-refractivity contribution in [3.8, 4) is 6.07 Å². The van der Waals surface area contributed by atoms with Crippen LogP contribution in [0.5, 0.6) is 0 Å². The van der Waals surface area contributed by atoms with E-state index in [1.54, 1.807) is 12.1 Å². The molecule has 0 atom stereocenters. The number of halogens is 2. The molecule has 7 heteroatoms. The van der Waals surface area contributed by atoms with Gasteiger partial charge in [-0.05, 0) is 25.1 Å². The molecule has 0 fully saturated rings. The molecule has 0 heterocycles. The molecule has 2 N–H and O–H groups in total. The van der Waals surface area contributed by atoms with Crippen molar-refractivity contribution in [2.45, 2.75) is 6.92 Å². The number of carbonyl (C=O) groups excluding carboxylic acids is 2. The highest BCUT2D eigenvalue weighted by molar-refractivity contribution is 9.10. The lowest BCUT2D eigenvalue weighted by molar-refractivity contribution is -0.118. The summed E-state index contributed by atoms with van der Waals surface area (Å²) in [7, 11) is 0. The monoisotopic (exact) mass is 356 g/mol. The van der Waals surface area contributed by atoms with Gasteiger partial charge in [0, 0.05) is 10.2 Å². The van der Waals surface area contributed by atoms with Crippen LogP contribution in [0.4, 0.5) is 0 Å². The Morgan fingerprint density at radius 1 is 1.50 bits per heavy atom. The number of nitrogens with zero attached hydrogens (tertiary/aromatic N) is 1. The predicted octanol–water partition coefficient (Wildman–Crippen LogP) is 2.58. The van der Waals surface area contributed by atoms with E-state index in [1.165, 1.54) is 19.1 Å². The molecular formula is C13H10BrClN2O3. The van der Waals surface area contributed by atoms with E-state index in [4.69, 9.17) is 27.3 Å². The number of nitriles is 1. The summed E-state index contributed by atoms with van der Waals surface area (Å²) in [6, 6.07) is 6.33. The summed E-state index contributed by atoms with van der Waals surface area (Å²) in [4.78, 5) is 23.4. The summed E-state index contributed by atoms with van der Waals surface area (Å²) < 4.78 is 5.47. The molecule has 20 heavy (non-hydrogen) atoms. The normalized spacial score (nSPS) is 11.3. The second kappa shape index (κ2) is 7.08. The Balaban J connectivity index is 2.79. The largest absolute Gasteiger partial charge is 0.454 e. The van der Waals surface area contributed by atoms with Gasteiger partial charge < -0.3 is 10.5 Å². The summed E-state index contributed by atoms with van der Waals surface area (Å²) in [5, 5.41) is 8.96. The SMILES string of the molecule is C/C(N)=C(/C#N)C(=O)COC(=O)c1cc(Br)ccc1Cl. The van der Waals surface area contributed by atoms with Gasteiger partial charge in [0.25, 0.3) is 0 Å². The van der Waals surface area contributed by atoms with Crippen LogP contribution in [0.25, 0.3) is 0 Å². The van der Waals surface area contributed by atoms with Gasteiger partial charge in [0.1, 0.15) is 11.6 Å². The minimum atomic E-state index is -0.753. The second-order valence-corrected chi connectivity index (χ2v) is 5.12. The summed E-state index contributed by atoms with van der Waals surface area (Å²) in [6.45, 7) is 0.850. The van der Waals surface area contributed by atoms with Crippen LogP contribution >= 0.6 is 27.5 Å². The zero-order chi connectivity index (χ0) is 15.3. The van der Waals surface area contributed by atoms with Crippen molar-refractivity contribution in [3.63, 3.8) is 0 Å². The fourth-order valence-electron chi connectivity index (χ4n) is 1.31.